The molecule has 0 saturated carbocycles. The number of anilines is 2. The van der Waals surface area contributed by atoms with Crippen molar-refractivity contribution in [2.24, 2.45) is 0 Å². The summed E-state index contributed by atoms with van der Waals surface area (Å²) in [6.07, 6.45) is 1.79. The molecule has 2 aromatic carbocycles. The molecular weight excluding hydrogens is 432 g/mol. The molecule has 0 aliphatic rings. The van der Waals surface area contributed by atoms with Gasteiger partial charge in [0.1, 0.15) is 5.82 Å². The summed E-state index contributed by atoms with van der Waals surface area (Å²) >= 11 is 19.6. The predicted molar refractivity (Wildman–Crippen MR) is 115 cm³/mol. The van der Waals surface area contributed by atoms with E-state index in [0.717, 1.165) is 33.4 Å². The van der Waals surface area contributed by atoms with Crippen molar-refractivity contribution in [1.82, 2.24) is 9.97 Å². The van der Waals surface area contributed by atoms with Gasteiger partial charge in [-0.15, -0.1) is 12.4 Å². The van der Waals surface area contributed by atoms with Gasteiger partial charge in [-0.25, -0.2) is 9.97 Å². The van der Waals surface area contributed by atoms with Crippen LogP contribution in [0.5, 0.6) is 0 Å². The second-order valence-electron chi connectivity index (χ2n) is 5.35. The van der Waals surface area contributed by atoms with Gasteiger partial charge in [0, 0.05) is 27.6 Å². The van der Waals surface area contributed by atoms with Gasteiger partial charge in [-0.1, -0.05) is 58.7 Å². The average Bonchev–Trinajstić information content (AvgIpc) is 2.59. The topological polar surface area (TPSA) is 37.8 Å². The van der Waals surface area contributed by atoms with Crippen LogP contribution in [-0.4, -0.2) is 9.97 Å². The minimum Gasteiger partial charge on any atom is -0.339 e. The zero-order valence-electron chi connectivity index (χ0n) is 13.7. The van der Waals surface area contributed by atoms with E-state index in [1.165, 1.54) is 0 Å². The number of hydrogen-bond donors (Lipinski definition) is 1. The van der Waals surface area contributed by atoms with Crippen molar-refractivity contribution in [3.63, 3.8) is 0 Å². The van der Waals surface area contributed by atoms with Crippen molar-refractivity contribution in [3.8, 4) is 0 Å². The second-order valence-corrected chi connectivity index (χ2v) is 7.57. The molecule has 0 spiro atoms. The highest BCUT2D eigenvalue weighted by Gasteiger charge is 2.08. The number of nitrogens with zero attached hydrogens (tertiary/aromatic N) is 2. The summed E-state index contributed by atoms with van der Waals surface area (Å²) < 4.78 is 0. The molecule has 8 heteroatoms. The van der Waals surface area contributed by atoms with Crippen LogP contribution in [-0.2, 0) is 5.75 Å². The summed E-state index contributed by atoms with van der Waals surface area (Å²) in [5, 5.41) is 5.79. The van der Waals surface area contributed by atoms with Gasteiger partial charge < -0.3 is 5.32 Å². The van der Waals surface area contributed by atoms with Crippen molar-refractivity contribution in [2.75, 3.05) is 5.32 Å². The van der Waals surface area contributed by atoms with Crippen molar-refractivity contribution < 1.29 is 0 Å². The van der Waals surface area contributed by atoms with E-state index < -0.39 is 0 Å². The van der Waals surface area contributed by atoms with Crippen molar-refractivity contribution in [1.29, 1.82) is 0 Å². The molecule has 26 heavy (non-hydrogen) atoms. The zero-order valence-corrected chi connectivity index (χ0v) is 17.6. The standard InChI is InChI=1S/C18H14Cl3N3S.ClH/c1-11-9-22-18(25-10-12-2-4-13(19)5-3-12)24-17(11)23-16-7-6-14(20)8-15(16)21;/h2-9H,10H2,1H3,(H,22,23,24);1H. The van der Waals surface area contributed by atoms with E-state index in [0.29, 0.717) is 15.2 Å². The summed E-state index contributed by atoms with van der Waals surface area (Å²) in [6.45, 7) is 1.94. The Balaban J connectivity index is 0.00000243. The van der Waals surface area contributed by atoms with Crippen LogP contribution >= 0.6 is 59.0 Å². The van der Waals surface area contributed by atoms with E-state index in [1.807, 2.05) is 37.3 Å². The second kappa shape index (κ2) is 9.67. The fourth-order valence-electron chi connectivity index (χ4n) is 2.07. The molecule has 3 rings (SSSR count). The molecule has 0 saturated heterocycles. The van der Waals surface area contributed by atoms with Gasteiger partial charge in [0.2, 0.25) is 0 Å². The number of aryl methyl sites for hydroxylation is 1. The first-order chi connectivity index (χ1) is 12.0. The molecule has 0 unspecified atom stereocenters. The first kappa shape index (κ1) is 21.1. The molecule has 1 N–H and O–H groups in total. The number of nitrogens with one attached hydrogen (secondary N) is 1. The molecule has 3 nitrogen and oxygen atoms in total. The third-order valence-corrected chi connectivity index (χ3v) is 5.15. The normalized spacial score (nSPS) is 10.3. The van der Waals surface area contributed by atoms with Gasteiger partial charge in [-0.2, -0.15) is 0 Å². The lowest BCUT2D eigenvalue weighted by atomic mass is 10.2. The first-order valence-corrected chi connectivity index (χ1v) is 9.56. The number of halogens is 4. The van der Waals surface area contributed by atoms with E-state index in [9.17, 15) is 0 Å². The number of rotatable bonds is 5. The molecule has 0 bridgehead atoms. The largest absolute Gasteiger partial charge is 0.339 e. The number of hydrogen-bond acceptors (Lipinski definition) is 4. The molecule has 0 aliphatic carbocycles. The fraction of sp³-hybridized carbons (Fsp3) is 0.111. The van der Waals surface area contributed by atoms with Crippen molar-refractivity contribution in [3.05, 3.63) is 74.9 Å². The quantitative estimate of drug-likeness (QED) is 0.332. The van der Waals surface area contributed by atoms with E-state index in [-0.39, 0.29) is 12.4 Å². The van der Waals surface area contributed by atoms with E-state index in [1.54, 1.807) is 30.1 Å². The van der Waals surface area contributed by atoms with Gasteiger partial charge >= 0.3 is 0 Å². The maximum atomic E-state index is 6.22. The fourth-order valence-corrected chi connectivity index (χ4v) is 3.42. The van der Waals surface area contributed by atoms with Gasteiger partial charge in [-0.05, 0) is 42.8 Å². The molecule has 0 amide bonds. The van der Waals surface area contributed by atoms with Gasteiger partial charge in [0.05, 0.1) is 10.7 Å². The van der Waals surface area contributed by atoms with Crippen LogP contribution in [0, 0.1) is 6.92 Å². The lowest BCUT2D eigenvalue weighted by Gasteiger charge is -2.11. The highest BCUT2D eigenvalue weighted by molar-refractivity contribution is 7.98. The Hall–Kier alpha value is -1.17. The Kier molecular flexibility index (Phi) is 7.86. The minimum atomic E-state index is 0. The van der Waals surface area contributed by atoms with Crippen LogP contribution in [0.3, 0.4) is 0 Å². The van der Waals surface area contributed by atoms with E-state index >= 15 is 0 Å². The van der Waals surface area contributed by atoms with Gasteiger partial charge in [0.25, 0.3) is 0 Å². The van der Waals surface area contributed by atoms with Crippen molar-refractivity contribution in [2.45, 2.75) is 17.8 Å². The SMILES string of the molecule is Cc1cnc(SCc2ccc(Cl)cc2)nc1Nc1ccc(Cl)cc1Cl.Cl. The van der Waals surface area contributed by atoms with Crippen molar-refractivity contribution >= 4 is 70.5 Å². The third kappa shape index (κ3) is 5.66. The van der Waals surface area contributed by atoms with E-state index in [4.69, 9.17) is 34.8 Å². The number of aromatic nitrogens is 2. The van der Waals surface area contributed by atoms with Crippen LogP contribution < -0.4 is 5.32 Å². The van der Waals surface area contributed by atoms with Crippen LogP contribution in [0.25, 0.3) is 0 Å². The Morgan fingerprint density at radius 1 is 1.00 bits per heavy atom. The highest BCUT2D eigenvalue weighted by Crippen LogP contribution is 2.29. The Labute approximate surface area is 177 Å². The number of thioether (sulfide) groups is 1. The summed E-state index contributed by atoms with van der Waals surface area (Å²) in [7, 11) is 0. The van der Waals surface area contributed by atoms with Gasteiger partial charge in [-0.3, -0.25) is 0 Å². The average molecular weight is 447 g/mol. The maximum absolute atomic E-state index is 6.22. The van der Waals surface area contributed by atoms with Crippen LogP contribution in [0.1, 0.15) is 11.1 Å². The monoisotopic (exact) mass is 445 g/mol. The highest BCUT2D eigenvalue weighted by atomic mass is 35.5. The molecule has 0 radical (unpaired) electrons. The molecule has 0 atom stereocenters. The molecule has 1 aromatic heterocycles. The Bertz CT molecular complexity index is 888. The van der Waals surface area contributed by atoms with Gasteiger partial charge in [0.15, 0.2) is 5.16 Å². The molecule has 1 heterocycles. The molecular formula is C18H15Cl4N3S. The smallest absolute Gasteiger partial charge is 0.189 e. The van der Waals surface area contributed by atoms with Crippen LogP contribution in [0.15, 0.2) is 53.8 Å². The molecule has 3 aromatic rings. The van der Waals surface area contributed by atoms with Crippen LogP contribution in [0.2, 0.25) is 15.1 Å². The minimum absolute atomic E-state index is 0. The summed E-state index contributed by atoms with van der Waals surface area (Å²) in [5.74, 6) is 1.49. The Morgan fingerprint density at radius 3 is 2.38 bits per heavy atom. The summed E-state index contributed by atoms with van der Waals surface area (Å²) in [5.41, 5.74) is 2.84. The summed E-state index contributed by atoms with van der Waals surface area (Å²) in [6, 6.07) is 13.0. The van der Waals surface area contributed by atoms with E-state index in [2.05, 4.69) is 15.3 Å². The lowest BCUT2D eigenvalue weighted by Crippen LogP contribution is -2.00. The lowest BCUT2D eigenvalue weighted by molar-refractivity contribution is 0.955. The summed E-state index contributed by atoms with van der Waals surface area (Å²) in [4.78, 5) is 8.97. The molecule has 136 valence electrons. The Morgan fingerprint density at radius 2 is 1.69 bits per heavy atom. The first-order valence-electron chi connectivity index (χ1n) is 7.44. The zero-order chi connectivity index (χ0) is 17.8. The third-order valence-electron chi connectivity index (χ3n) is 3.42. The maximum Gasteiger partial charge on any atom is 0.189 e. The molecule has 0 fully saturated rings. The number of benzene rings is 2. The predicted octanol–water partition coefficient (Wildman–Crippen LogP) is 7.20. The van der Waals surface area contributed by atoms with Crippen LogP contribution in [0.4, 0.5) is 11.5 Å². The molecule has 0 aliphatic heterocycles.